The van der Waals surface area contributed by atoms with Gasteiger partial charge in [0.2, 0.25) is 0 Å². The summed E-state index contributed by atoms with van der Waals surface area (Å²) in [6.07, 6.45) is 2.42. The minimum absolute atomic E-state index is 0.0768. The van der Waals surface area contributed by atoms with Gasteiger partial charge in [-0.2, -0.15) is 0 Å². The standard InChI is InChI=1S/C20H26N2O3/c1-14-12-18(15(2)25-14)20(23)21-13-19(22-10-4-5-11-22)16-6-8-17(24-3)9-7-16/h6-9,12,19H,4-5,10-11,13H2,1-3H3,(H,21,23)/t19-/m1/s1. The van der Waals surface area contributed by atoms with E-state index in [1.807, 2.05) is 26.0 Å². The highest BCUT2D eigenvalue weighted by Crippen LogP contribution is 2.26. The number of hydrogen-bond acceptors (Lipinski definition) is 4. The monoisotopic (exact) mass is 342 g/mol. The number of benzene rings is 1. The molecule has 1 aromatic heterocycles. The van der Waals surface area contributed by atoms with Crippen LogP contribution in [-0.4, -0.2) is 37.6 Å². The molecule has 1 N–H and O–H groups in total. The lowest BCUT2D eigenvalue weighted by Gasteiger charge is -2.28. The minimum atomic E-state index is -0.0768. The third-order valence-electron chi connectivity index (χ3n) is 4.82. The molecule has 5 nitrogen and oxygen atoms in total. The number of ether oxygens (including phenoxy) is 1. The molecule has 134 valence electrons. The Kier molecular flexibility index (Phi) is 5.43. The molecule has 1 aliphatic heterocycles. The van der Waals surface area contributed by atoms with Crippen molar-refractivity contribution in [2.24, 2.45) is 0 Å². The Labute approximate surface area is 149 Å². The minimum Gasteiger partial charge on any atom is -0.497 e. The van der Waals surface area contributed by atoms with Crippen LogP contribution in [0.25, 0.3) is 0 Å². The van der Waals surface area contributed by atoms with Crippen LogP contribution in [0.4, 0.5) is 0 Å². The Morgan fingerprint density at radius 2 is 1.92 bits per heavy atom. The molecule has 2 heterocycles. The maximum Gasteiger partial charge on any atom is 0.254 e. The second kappa shape index (κ2) is 7.74. The predicted molar refractivity (Wildman–Crippen MR) is 97.1 cm³/mol. The van der Waals surface area contributed by atoms with E-state index in [1.54, 1.807) is 13.2 Å². The molecule has 1 amide bonds. The highest BCUT2D eigenvalue weighted by Gasteiger charge is 2.24. The Morgan fingerprint density at radius 3 is 2.48 bits per heavy atom. The number of hydrogen-bond donors (Lipinski definition) is 1. The predicted octanol–water partition coefficient (Wildman–Crippen LogP) is 3.47. The van der Waals surface area contributed by atoms with Crippen LogP contribution in [0, 0.1) is 13.8 Å². The summed E-state index contributed by atoms with van der Waals surface area (Å²) < 4.78 is 10.7. The zero-order chi connectivity index (χ0) is 17.8. The Hall–Kier alpha value is -2.27. The molecule has 1 atom stereocenters. The molecule has 1 aliphatic rings. The molecule has 1 saturated heterocycles. The number of methoxy groups -OCH3 is 1. The molecule has 0 aliphatic carbocycles. The summed E-state index contributed by atoms with van der Waals surface area (Å²) in [5.74, 6) is 2.19. The molecule has 3 rings (SSSR count). The molecular formula is C20H26N2O3. The SMILES string of the molecule is COc1ccc([C@@H](CNC(=O)c2cc(C)oc2C)N2CCCC2)cc1. The van der Waals surface area contributed by atoms with Crippen molar-refractivity contribution < 1.29 is 13.9 Å². The summed E-state index contributed by atoms with van der Waals surface area (Å²) >= 11 is 0. The average Bonchev–Trinajstić information content (AvgIpc) is 3.25. The van der Waals surface area contributed by atoms with Crippen LogP contribution in [-0.2, 0) is 0 Å². The van der Waals surface area contributed by atoms with E-state index in [0.29, 0.717) is 17.9 Å². The lowest BCUT2D eigenvalue weighted by Crippen LogP contribution is -2.36. The van der Waals surface area contributed by atoms with Crippen molar-refractivity contribution in [3.05, 3.63) is 53.0 Å². The lowest BCUT2D eigenvalue weighted by atomic mass is 10.0. The summed E-state index contributed by atoms with van der Waals surface area (Å²) in [5.41, 5.74) is 1.82. The van der Waals surface area contributed by atoms with Gasteiger partial charge in [-0.3, -0.25) is 9.69 Å². The molecule has 0 radical (unpaired) electrons. The first kappa shape index (κ1) is 17.5. The van der Waals surface area contributed by atoms with Crippen LogP contribution in [0.15, 0.2) is 34.7 Å². The van der Waals surface area contributed by atoms with E-state index in [2.05, 4.69) is 22.3 Å². The van der Waals surface area contributed by atoms with Gasteiger partial charge in [0.15, 0.2) is 0 Å². The second-order valence-corrected chi connectivity index (χ2v) is 6.57. The fourth-order valence-corrected chi connectivity index (χ4v) is 3.48. The number of amides is 1. The van der Waals surface area contributed by atoms with E-state index < -0.39 is 0 Å². The molecule has 0 spiro atoms. The second-order valence-electron chi connectivity index (χ2n) is 6.57. The van der Waals surface area contributed by atoms with Crippen molar-refractivity contribution in [2.45, 2.75) is 32.7 Å². The van der Waals surface area contributed by atoms with Crippen LogP contribution in [0.5, 0.6) is 5.75 Å². The van der Waals surface area contributed by atoms with Gasteiger partial charge in [0, 0.05) is 6.54 Å². The number of nitrogens with one attached hydrogen (secondary N) is 1. The molecular weight excluding hydrogens is 316 g/mol. The number of carbonyl (C=O) groups is 1. The smallest absolute Gasteiger partial charge is 0.254 e. The third-order valence-corrected chi connectivity index (χ3v) is 4.82. The van der Waals surface area contributed by atoms with Crippen LogP contribution in [0.3, 0.4) is 0 Å². The van der Waals surface area contributed by atoms with Crippen LogP contribution in [0.2, 0.25) is 0 Å². The fraction of sp³-hybridized carbons (Fsp3) is 0.450. The topological polar surface area (TPSA) is 54.7 Å². The van der Waals surface area contributed by atoms with E-state index in [4.69, 9.17) is 9.15 Å². The van der Waals surface area contributed by atoms with Gasteiger partial charge in [-0.05, 0) is 63.5 Å². The number of likely N-dealkylation sites (tertiary alicyclic amines) is 1. The van der Waals surface area contributed by atoms with Gasteiger partial charge in [-0.15, -0.1) is 0 Å². The van der Waals surface area contributed by atoms with Gasteiger partial charge in [0.05, 0.1) is 18.7 Å². The summed E-state index contributed by atoms with van der Waals surface area (Å²) in [6, 6.07) is 10.1. The largest absolute Gasteiger partial charge is 0.497 e. The van der Waals surface area contributed by atoms with Crippen molar-refractivity contribution >= 4 is 5.91 Å². The van der Waals surface area contributed by atoms with Crippen molar-refractivity contribution in [2.75, 3.05) is 26.7 Å². The fourth-order valence-electron chi connectivity index (χ4n) is 3.48. The number of aryl methyl sites for hydroxylation is 2. The van der Waals surface area contributed by atoms with Crippen molar-refractivity contribution in [1.82, 2.24) is 10.2 Å². The van der Waals surface area contributed by atoms with Crippen LogP contribution < -0.4 is 10.1 Å². The highest BCUT2D eigenvalue weighted by molar-refractivity contribution is 5.95. The van der Waals surface area contributed by atoms with Gasteiger partial charge < -0.3 is 14.5 Å². The number of rotatable bonds is 6. The number of nitrogens with zero attached hydrogens (tertiary/aromatic N) is 1. The van der Waals surface area contributed by atoms with Crippen molar-refractivity contribution in [3.63, 3.8) is 0 Å². The van der Waals surface area contributed by atoms with Gasteiger partial charge in [0.25, 0.3) is 5.91 Å². The Morgan fingerprint density at radius 1 is 1.24 bits per heavy atom. The first-order chi connectivity index (χ1) is 12.1. The average molecular weight is 342 g/mol. The molecule has 5 heteroatoms. The van der Waals surface area contributed by atoms with Crippen molar-refractivity contribution in [3.8, 4) is 5.75 Å². The van der Waals surface area contributed by atoms with E-state index in [-0.39, 0.29) is 11.9 Å². The van der Waals surface area contributed by atoms with Crippen LogP contribution >= 0.6 is 0 Å². The normalized spacial score (nSPS) is 16.0. The van der Waals surface area contributed by atoms with Crippen LogP contribution in [0.1, 0.15) is 46.3 Å². The summed E-state index contributed by atoms with van der Waals surface area (Å²) in [4.78, 5) is 15.0. The molecule has 2 aromatic rings. The molecule has 25 heavy (non-hydrogen) atoms. The maximum atomic E-state index is 12.5. The maximum absolute atomic E-state index is 12.5. The summed E-state index contributed by atoms with van der Waals surface area (Å²) in [5, 5.41) is 3.09. The van der Waals surface area contributed by atoms with E-state index in [0.717, 1.165) is 24.6 Å². The quantitative estimate of drug-likeness (QED) is 0.873. The zero-order valence-electron chi connectivity index (χ0n) is 15.2. The molecule has 0 unspecified atom stereocenters. The zero-order valence-corrected chi connectivity index (χ0v) is 15.2. The first-order valence-electron chi connectivity index (χ1n) is 8.81. The van der Waals surface area contributed by atoms with E-state index in [9.17, 15) is 4.79 Å². The third kappa shape index (κ3) is 4.04. The Bertz CT molecular complexity index is 715. The molecule has 0 bridgehead atoms. The Balaban J connectivity index is 1.73. The van der Waals surface area contributed by atoms with E-state index in [1.165, 1.54) is 18.4 Å². The number of carbonyl (C=O) groups excluding carboxylic acids is 1. The van der Waals surface area contributed by atoms with Gasteiger partial charge in [-0.1, -0.05) is 12.1 Å². The molecule has 1 fully saturated rings. The van der Waals surface area contributed by atoms with Gasteiger partial charge in [0.1, 0.15) is 17.3 Å². The molecule has 0 saturated carbocycles. The van der Waals surface area contributed by atoms with Gasteiger partial charge >= 0.3 is 0 Å². The number of furan rings is 1. The summed E-state index contributed by atoms with van der Waals surface area (Å²) in [7, 11) is 1.67. The van der Waals surface area contributed by atoms with E-state index >= 15 is 0 Å². The first-order valence-corrected chi connectivity index (χ1v) is 8.81. The van der Waals surface area contributed by atoms with Crippen molar-refractivity contribution in [1.29, 1.82) is 0 Å². The lowest BCUT2D eigenvalue weighted by molar-refractivity contribution is 0.0936. The molecule has 1 aromatic carbocycles. The highest BCUT2D eigenvalue weighted by atomic mass is 16.5. The van der Waals surface area contributed by atoms with Gasteiger partial charge in [-0.25, -0.2) is 0 Å². The summed E-state index contributed by atoms with van der Waals surface area (Å²) in [6.45, 7) is 6.39.